The lowest BCUT2D eigenvalue weighted by Gasteiger charge is -2.20. The number of nitrogens with zero attached hydrogens (tertiary/aromatic N) is 1. The van der Waals surface area contributed by atoms with Gasteiger partial charge in [0.25, 0.3) is 0 Å². The maximum atomic E-state index is 12.0. The zero-order chi connectivity index (χ0) is 16.2. The number of amides is 1. The van der Waals surface area contributed by atoms with Crippen LogP contribution in [-0.2, 0) is 4.74 Å². The van der Waals surface area contributed by atoms with Gasteiger partial charge >= 0.3 is 6.09 Å². The van der Waals surface area contributed by atoms with Crippen molar-refractivity contribution in [3.63, 3.8) is 0 Å². The zero-order valence-corrected chi connectivity index (χ0v) is 13.4. The van der Waals surface area contributed by atoms with Crippen molar-refractivity contribution < 1.29 is 18.7 Å². The first-order chi connectivity index (χ1) is 10.3. The van der Waals surface area contributed by atoms with Crippen LogP contribution in [0.25, 0.3) is 0 Å². The van der Waals surface area contributed by atoms with Crippen LogP contribution in [0.15, 0.2) is 22.8 Å². The van der Waals surface area contributed by atoms with Crippen LogP contribution in [-0.4, -0.2) is 48.6 Å². The molecule has 0 aromatic carbocycles. The van der Waals surface area contributed by atoms with Crippen molar-refractivity contribution in [3.8, 4) is 0 Å². The van der Waals surface area contributed by atoms with Crippen molar-refractivity contribution in [3.05, 3.63) is 24.2 Å². The molecular weight excluding hydrogens is 284 g/mol. The summed E-state index contributed by atoms with van der Waals surface area (Å²) in [5, 5.41) is 2.79. The third-order valence-corrected chi connectivity index (χ3v) is 3.47. The van der Waals surface area contributed by atoms with Crippen molar-refractivity contribution in [2.45, 2.75) is 32.8 Å². The maximum absolute atomic E-state index is 12.0. The van der Waals surface area contributed by atoms with Gasteiger partial charge in [0.1, 0.15) is 5.60 Å². The van der Waals surface area contributed by atoms with E-state index in [0.717, 1.165) is 19.5 Å². The Kier molecular flexibility index (Phi) is 5.24. The third-order valence-electron chi connectivity index (χ3n) is 3.47. The van der Waals surface area contributed by atoms with Gasteiger partial charge in [-0.25, -0.2) is 4.79 Å². The molecule has 1 aromatic heterocycles. The number of hydrogen-bond donors (Lipinski definition) is 1. The van der Waals surface area contributed by atoms with E-state index in [9.17, 15) is 9.59 Å². The summed E-state index contributed by atoms with van der Waals surface area (Å²) in [4.78, 5) is 25.7. The predicted molar refractivity (Wildman–Crippen MR) is 81.8 cm³/mol. The Labute approximate surface area is 130 Å². The molecule has 0 spiro atoms. The molecule has 0 aliphatic carbocycles. The van der Waals surface area contributed by atoms with E-state index in [0.29, 0.717) is 24.8 Å². The number of ether oxygens (including phenoxy) is 1. The summed E-state index contributed by atoms with van der Waals surface area (Å²) in [6, 6.07) is 3.39. The Bertz CT molecular complexity index is 505. The quantitative estimate of drug-likeness (QED) is 0.845. The van der Waals surface area contributed by atoms with E-state index >= 15 is 0 Å². The second kappa shape index (κ2) is 6.96. The second-order valence-corrected chi connectivity index (χ2v) is 6.67. The minimum atomic E-state index is -0.485. The Balaban J connectivity index is 1.69. The highest BCUT2D eigenvalue weighted by molar-refractivity contribution is 5.95. The van der Waals surface area contributed by atoms with Crippen LogP contribution in [0, 0.1) is 5.92 Å². The first-order valence-electron chi connectivity index (χ1n) is 7.59. The van der Waals surface area contributed by atoms with Gasteiger partial charge in [0.15, 0.2) is 5.76 Å². The van der Waals surface area contributed by atoms with E-state index in [4.69, 9.17) is 9.15 Å². The number of alkyl carbamates (subject to hydrolysis) is 1. The van der Waals surface area contributed by atoms with Gasteiger partial charge in [-0.2, -0.15) is 0 Å². The van der Waals surface area contributed by atoms with Crippen molar-refractivity contribution in [2.75, 3.05) is 26.2 Å². The van der Waals surface area contributed by atoms with E-state index < -0.39 is 11.7 Å². The molecule has 1 fully saturated rings. The van der Waals surface area contributed by atoms with Gasteiger partial charge in [-0.15, -0.1) is 0 Å². The van der Waals surface area contributed by atoms with E-state index in [2.05, 4.69) is 10.2 Å². The van der Waals surface area contributed by atoms with Gasteiger partial charge in [-0.3, -0.25) is 9.69 Å². The summed E-state index contributed by atoms with van der Waals surface area (Å²) in [5.41, 5.74) is -0.485. The van der Waals surface area contributed by atoms with E-state index in [-0.39, 0.29) is 5.78 Å². The maximum Gasteiger partial charge on any atom is 0.407 e. The van der Waals surface area contributed by atoms with Crippen molar-refractivity contribution in [2.24, 2.45) is 5.92 Å². The smallest absolute Gasteiger partial charge is 0.407 e. The molecule has 2 heterocycles. The number of nitrogens with one attached hydrogen (secondary N) is 1. The van der Waals surface area contributed by atoms with Crippen LogP contribution in [0.4, 0.5) is 4.79 Å². The molecule has 1 aliphatic heterocycles. The average Bonchev–Trinajstić information content (AvgIpc) is 3.05. The molecule has 0 saturated carbocycles. The topological polar surface area (TPSA) is 71.8 Å². The van der Waals surface area contributed by atoms with Gasteiger partial charge in [-0.1, -0.05) is 0 Å². The molecular formula is C16H24N2O4. The summed E-state index contributed by atoms with van der Waals surface area (Å²) in [6.07, 6.45) is 2.07. The Morgan fingerprint density at radius 1 is 1.45 bits per heavy atom. The van der Waals surface area contributed by atoms with Gasteiger partial charge in [0, 0.05) is 13.1 Å². The van der Waals surface area contributed by atoms with Gasteiger partial charge in [-0.05, 0) is 51.8 Å². The van der Waals surface area contributed by atoms with Crippen LogP contribution < -0.4 is 5.32 Å². The molecule has 2 rings (SSSR count). The standard InChI is InChI=1S/C16H24N2O4/c1-16(2,3)22-15(20)17-9-12-6-7-18(10-12)11-13(19)14-5-4-8-21-14/h4-5,8,12H,6-7,9-11H2,1-3H3,(H,17,20)/t12-/m1/s1. The summed E-state index contributed by atoms with van der Waals surface area (Å²) in [7, 11) is 0. The van der Waals surface area contributed by atoms with Crippen LogP contribution >= 0.6 is 0 Å². The van der Waals surface area contributed by atoms with Gasteiger partial charge in [0.05, 0.1) is 12.8 Å². The van der Waals surface area contributed by atoms with Crippen LogP contribution in [0.3, 0.4) is 0 Å². The summed E-state index contributed by atoms with van der Waals surface area (Å²) in [5.74, 6) is 0.734. The lowest BCUT2D eigenvalue weighted by atomic mass is 10.1. The number of carbonyl (C=O) groups excluding carboxylic acids is 2. The summed E-state index contributed by atoms with van der Waals surface area (Å²) < 4.78 is 10.3. The molecule has 122 valence electrons. The van der Waals surface area contributed by atoms with Crippen LogP contribution in [0.2, 0.25) is 0 Å². The second-order valence-electron chi connectivity index (χ2n) is 6.67. The first-order valence-corrected chi connectivity index (χ1v) is 7.59. The third kappa shape index (κ3) is 5.18. The van der Waals surface area contributed by atoms with Gasteiger partial charge < -0.3 is 14.5 Å². The minimum absolute atomic E-state index is 0.00856. The number of likely N-dealkylation sites (tertiary alicyclic amines) is 1. The predicted octanol–water partition coefficient (Wildman–Crippen LogP) is 2.31. The monoisotopic (exact) mass is 308 g/mol. The molecule has 6 nitrogen and oxygen atoms in total. The van der Waals surface area contributed by atoms with E-state index in [1.807, 2.05) is 20.8 Å². The molecule has 6 heteroatoms. The summed E-state index contributed by atoms with van der Waals surface area (Å²) >= 11 is 0. The molecule has 22 heavy (non-hydrogen) atoms. The lowest BCUT2D eigenvalue weighted by Crippen LogP contribution is -2.36. The molecule has 0 radical (unpaired) electrons. The molecule has 1 aliphatic rings. The Morgan fingerprint density at radius 2 is 2.23 bits per heavy atom. The van der Waals surface area contributed by atoms with E-state index in [1.165, 1.54) is 6.26 Å². The van der Waals surface area contributed by atoms with Crippen molar-refractivity contribution in [1.82, 2.24) is 10.2 Å². The SMILES string of the molecule is CC(C)(C)OC(=O)NC[C@H]1CCN(CC(=O)c2ccco2)C1. The van der Waals surface area contributed by atoms with Crippen molar-refractivity contribution in [1.29, 1.82) is 0 Å². The highest BCUT2D eigenvalue weighted by Crippen LogP contribution is 2.16. The first kappa shape index (κ1) is 16.5. The fraction of sp³-hybridized carbons (Fsp3) is 0.625. The molecule has 1 amide bonds. The van der Waals surface area contributed by atoms with E-state index in [1.54, 1.807) is 12.1 Å². The van der Waals surface area contributed by atoms with Crippen LogP contribution in [0.1, 0.15) is 37.7 Å². The highest BCUT2D eigenvalue weighted by atomic mass is 16.6. The Morgan fingerprint density at radius 3 is 2.86 bits per heavy atom. The van der Waals surface area contributed by atoms with Gasteiger partial charge in [0.2, 0.25) is 5.78 Å². The Hall–Kier alpha value is -1.82. The zero-order valence-electron chi connectivity index (χ0n) is 13.4. The number of carbonyl (C=O) groups is 2. The lowest BCUT2D eigenvalue weighted by molar-refractivity contribution is 0.0519. The summed E-state index contributed by atoms with van der Waals surface area (Å²) in [6.45, 7) is 8.09. The molecule has 1 aromatic rings. The molecule has 0 bridgehead atoms. The molecule has 1 N–H and O–H groups in total. The molecule has 0 unspecified atom stereocenters. The number of rotatable bonds is 5. The fourth-order valence-electron chi connectivity index (χ4n) is 2.48. The molecule has 1 atom stereocenters. The number of hydrogen-bond acceptors (Lipinski definition) is 5. The largest absolute Gasteiger partial charge is 0.461 e. The normalized spacial score (nSPS) is 19.1. The minimum Gasteiger partial charge on any atom is -0.461 e. The highest BCUT2D eigenvalue weighted by Gasteiger charge is 2.26. The number of furan rings is 1. The number of Topliss-reactive ketones (excluding diaryl/α,β-unsaturated/α-hetero) is 1. The van der Waals surface area contributed by atoms with Crippen LogP contribution in [0.5, 0.6) is 0 Å². The molecule has 1 saturated heterocycles. The fourth-order valence-corrected chi connectivity index (χ4v) is 2.48. The average molecular weight is 308 g/mol. The number of ketones is 1. The van der Waals surface area contributed by atoms with Crippen molar-refractivity contribution >= 4 is 11.9 Å².